The Bertz CT molecular complexity index is 1110. The van der Waals surface area contributed by atoms with Crippen LogP contribution in [-0.4, -0.2) is 85.7 Å². The number of aromatic carboxylic acids is 1. The minimum absolute atomic E-state index is 0.0293. The molecule has 2 atom stereocenters. The number of amides is 2. The Balaban J connectivity index is 1.78. The molecule has 0 spiro atoms. The average molecular weight is 530 g/mol. The van der Waals surface area contributed by atoms with Gasteiger partial charge in [-0.3, -0.25) is 9.79 Å². The van der Waals surface area contributed by atoms with Gasteiger partial charge in [0.05, 0.1) is 22.9 Å². The van der Waals surface area contributed by atoms with Crippen molar-refractivity contribution < 1.29 is 29.0 Å². The highest BCUT2D eigenvalue weighted by atomic mass is 16.6. The van der Waals surface area contributed by atoms with E-state index in [-0.39, 0.29) is 22.9 Å². The van der Waals surface area contributed by atoms with Crippen molar-refractivity contribution in [3.05, 3.63) is 40.7 Å². The zero-order valence-corrected chi connectivity index (χ0v) is 23.0. The monoisotopic (exact) mass is 529 g/mol. The average Bonchev–Trinajstić information content (AvgIpc) is 3.67. The molecule has 11 heteroatoms. The van der Waals surface area contributed by atoms with Crippen molar-refractivity contribution in [3.8, 4) is 5.75 Å². The van der Waals surface area contributed by atoms with Crippen LogP contribution in [0.4, 0.5) is 4.79 Å². The second-order valence-corrected chi connectivity index (χ2v) is 10.7. The van der Waals surface area contributed by atoms with Crippen molar-refractivity contribution >= 4 is 24.2 Å². The molecular formula is C27H39N5O6. The van der Waals surface area contributed by atoms with E-state index in [1.54, 1.807) is 33.8 Å². The van der Waals surface area contributed by atoms with Gasteiger partial charge in [0.2, 0.25) is 0 Å². The molecule has 0 bridgehead atoms. The molecule has 4 N–H and O–H groups in total. The third-order valence-electron chi connectivity index (χ3n) is 6.20. The maximum Gasteiger partial charge on any atom is 0.407 e. The molecule has 11 nitrogen and oxygen atoms in total. The normalized spacial score (nSPS) is 17.8. The summed E-state index contributed by atoms with van der Waals surface area (Å²) in [5.74, 6) is -0.728. The van der Waals surface area contributed by atoms with E-state index in [0.717, 1.165) is 0 Å². The van der Waals surface area contributed by atoms with Gasteiger partial charge in [0.1, 0.15) is 11.4 Å². The lowest BCUT2D eigenvalue weighted by atomic mass is 10.0. The van der Waals surface area contributed by atoms with Crippen LogP contribution in [0.1, 0.15) is 59.9 Å². The quantitative estimate of drug-likeness (QED) is 0.343. The van der Waals surface area contributed by atoms with Crippen molar-refractivity contribution in [2.75, 3.05) is 33.7 Å². The number of carbonyl (C=O) groups is 3. The number of carbonyl (C=O) groups excluding carboxylic acids is 2. The molecule has 1 fully saturated rings. The van der Waals surface area contributed by atoms with E-state index in [1.165, 1.54) is 26.0 Å². The zero-order valence-electron chi connectivity index (χ0n) is 23.0. The number of ether oxygens (including phenoxy) is 2. The molecule has 1 heterocycles. The van der Waals surface area contributed by atoms with Crippen LogP contribution in [-0.2, 0) is 4.74 Å². The van der Waals surface area contributed by atoms with Gasteiger partial charge >= 0.3 is 12.1 Å². The van der Waals surface area contributed by atoms with Gasteiger partial charge in [-0.25, -0.2) is 9.59 Å². The minimum Gasteiger partial charge on any atom is -0.482 e. The first-order valence-corrected chi connectivity index (χ1v) is 12.8. The molecule has 3 rings (SSSR count). The third-order valence-corrected chi connectivity index (χ3v) is 6.20. The standard InChI is InChI=1S/C27H39N5O6/c1-16-11-22(19(24(33)28-5)12-18(16)25(34)35)37-23(21-14-30-20(13-31-21)17-7-8-17)15-32(6)10-9-29-26(36)38-27(2,3)4/h11-14,17,20,23,30H,7-10,15H2,1-6H3,(H,28,33)(H,29,36)(H,34,35). The van der Waals surface area contributed by atoms with E-state index < -0.39 is 29.7 Å². The molecule has 0 radical (unpaired) electrons. The summed E-state index contributed by atoms with van der Waals surface area (Å²) < 4.78 is 11.7. The van der Waals surface area contributed by atoms with Gasteiger partial charge in [0.25, 0.3) is 5.91 Å². The summed E-state index contributed by atoms with van der Waals surface area (Å²) in [6, 6.07) is 3.09. The summed E-state index contributed by atoms with van der Waals surface area (Å²) in [6.07, 6.45) is 5.02. The molecular weight excluding hydrogens is 490 g/mol. The molecule has 0 aromatic heterocycles. The number of carboxylic acids is 1. The minimum atomic E-state index is -1.12. The van der Waals surface area contributed by atoms with E-state index >= 15 is 0 Å². The number of nitrogens with one attached hydrogen (secondary N) is 3. The van der Waals surface area contributed by atoms with Gasteiger partial charge in [-0.2, -0.15) is 0 Å². The fourth-order valence-corrected chi connectivity index (χ4v) is 4.02. The van der Waals surface area contributed by atoms with Gasteiger partial charge in [-0.15, -0.1) is 0 Å². The number of hydrogen-bond donors (Lipinski definition) is 4. The number of benzene rings is 1. The van der Waals surface area contributed by atoms with E-state index in [2.05, 4.69) is 20.9 Å². The lowest BCUT2D eigenvalue weighted by Gasteiger charge is -2.28. The van der Waals surface area contributed by atoms with Crippen molar-refractivity contribution in [3.63, 3.8) is 0 Å². The van der Waals surface area contributed by atoms with Gasteiger partial charge in [-0.05, 0) is 71.2 Å². The number of aryl methyl sites for hydroxylation is 1. The third kappa shape index (κ3) is 8.20. The molecule has 38 heavy (non-hydrogen) atoms. The first kappa shape index (κ1) is 29.0. The Hall–Kier alpha value is -3.60. The van der Waals surface area contributed by atoms with Crippen LogP contribution >= 0.6 is 0 Å². The van der Waals surface area contributed by atoms with Crippen molar-refractivity contribution in [1.82, 2.24) is 20.9 Å². The van der Waals surface area contributed by atoms with Gasteiger partial charge in [0, 0.05) is 39.1 Å². The molecule has 1 aliphatic heterocycles. The first-order valence-electron chi connectivity index (χ1n) is 12.8. The Morgan fingerprint density at radius 1 is 1.24 bits per heavy atom. The molecule has 2 aliphatic rings. The summed E-state index contributed by atoms with van der Waals surface area (Å²) in [7, 11) is 3.37. The Labute approximate surface area is 223 Å². The second kappa shape index (κ2) is 12.3. The molecule has 2 unspecified atom stereocenters. The van der Waals surface area contributed by atoms with Gasteiger partial charge < -0.3 is 35.4 Å². The molecule has 1 aliphatic carbocycles. The second-order valence-electron chi connectivity index (χ2n) is 10.7. The predicted octanol–water partition coefficient (Wildman–Crippen LogP) is 2.55. The fraction of sp³-hybridized carbons (Fsp3) is 0.556. The van der Waals surface area contributed by atoms with Crippen LogP contribution in [0.3, 0.4) is 0 Å². The number of carboxylic acid groups (broad SMARTS) is 1. The van der Waals surface area contributed by atoms with Crippen LogP contribution in [0.5, 0.6) is 5.75 Å². The maximum absolute atomic E-state index is 12.6. The Kier molecular flexibility index (Phi) is 9.37. The molecule has 1 saturated carbocycles. The fourth-order valence-electron chi connectivity index (χ4n) is 4.02. The van der Waals surface area contributed by atoms with E-state index in [0.29, 0.717) is 36.8 Å². The van der Waals surface area contributed by atoms with E-state index in [4.69, 9.17) is 9.47 Å². The molecule has 1 aromatic rings. The van der Waals surface area contributed by atoms with Crippen LogP contribution in [0.25, 0.3) is 0 Å². The topological polar surface area (TPSA) is 142 Å². The summed E-state index contributed by atoms with van der Waals surface area (Å²) in [6.45, 7) is 8.33. The van der Waals surface area contributed by atoms with Crippen molar-refractivity contribution in [2.45, 2.75) is 58.3 Å². The Morgan fingerprint density at radius 3 is 2.50 bits per heavy atom. The predicted molar refractivity (Wildman–Crippen MR) is 144 cm³/mol. The summed E-state index contributed by atoms with van der Waals surface area (Å²) in [4.78, 5) is 42.9. The highest BCUT2D eigenvalue weighted by molar-refractivity contribution is 6.00. The van der Waals surface area contributed by atoms with E-state index in [9.17, 15) is 19.5 Å². The lowest BCUT2D eigenvalue weighted by Crippen LogP contribution is -2.41. The highest BCUT2D eigenvalue weighted by Gasteiger charge is 2.32. The zero-order chi connectivity index (χ0) is 28.0. The van der Waals surface area contributed by atoms with Crippen LogP contribution in [0.2, 0.25) is 0 Å². The highest BCUT2D eigenvalue weighted by Crippen LogP contribution is 2.33. The molecule has 208 valence electrons. The Morgan fingerprint density at radius 2 is 1.95 bits per heavy atom. The number of rotatable bonds is 11. The largest absolute Gasteiger partial charge is 0.482 e. The number of hydrogen-bond acceptors (Lipinski definition) is 8. The van der Waals surface area contributed by atoms with E-state index in [1.807, 2.05) is 24.4 Å². The number of likely N-dealkylation sites (N-methyl/N-ethyl adjacent to an activating group) is 1. The number of aliphatic imine (C=N–C) groups is 1. The number of nitrogens with zero attached hydrogens (tertiary/aromatic N) is 2. The molecule has 1 aromatic carbocycles. The summed E-state index contributed by atoms with van der Waals surface area (Å²) in [5.41, 5.74) is 0.696. The van der Waals surface area contributed by atoms with Crippen LogP contribution < -0.4 is 20.7 Å². The number of alkyl carbamates (subject to hydrolysis) is 1. The molecule has 2 amide bonds. The molecule has 0 saturated heterocycles. The van der Waals surface area contributed by atoms with Crippen molar-refractivity contribution in [1.29, 1.82) is 0 Å². The van der Waals surface area contributed by atoms with Gasteiger partial charge in [0.15, 0.2) is 6.10 Å². The van der Waals surface area contributed by atoms with Gasteiger partial charge in [-0.1, -0.05) is 0 Å². The first-order chi connectivity index (χ1) is 17.9. The summed E-state index contributed by atoms with van der Waals surface area (Å²) >= 11 is 0. The summed E-state index contributed by atoms with van der Waals surface area (Å²) in [5, 5.41) is 18.2. The van der Waals surface area contributed by atoms with Crippen LogP contribution in [0.15, 0.2) is 29.0 Å². The van der Waals surface area contributed by atoms with Crippen LogP contribution in [0, 0.1) is 12.8 Å². The maximum atomic E-state index is 12.6. The smallest absolute Gasteiger partial charge is 0.407 e. The SMILES string of the molecule is CNC(=O)c1cc(C(=O)O)c(C)cc1OC(CN(C)CCNC(=O)OC(C)(C)C)C1=CNC(C2CC2)C=N1. The lowest BCUT2D eigenvalue weighted by molar-refractivity contribution is 0.0521. The van der Waals surface area contributed by atoms with Crippen molar-refractivity contribution in [2.24, 2.45) is 10.9 Å².